The van der Waals surface area contributed by atoms with Crippen LogP contribution >= 0.6 is 22.9 Å². The molecule has 0 aliphatic carbocycles. The molecule has 1 aromatic carbocycles. The molecule has 0 bridgehead atoms. The van der Waals surface area contributed by atoms with Crippen molar-refractivity contribution in [3.05, 3.63) is 79.4 Å². The van der Waals surface area contributed by atoms with Gasteiger partial charge in [0.2, 0.25) is 0 Å². The van der Waals surface area contributed by atoms with Crippen LogP contribution in [0.5, 0.6) is 0 Å². The predicted molar refractivity (Wildman–Crippen MR) is 97.2 cm³/mol. The maximum absolute atomic E-state index is 11.1. The molecule has 6 nitrogen and oxygen atoms in total. The molecule has 1 unspecified atom stereocenters. The number of benzene rings is 1. The van der Waals surface area contributed by atoms with Crippen molar-refractivity contribution in [2.45, 2.75) is 19.6 Å². The van der Waals surface area contributed by atoms with Crippen LogP contribution in [0.1, 0.15) is 22.4 Å². The van der Waals surface area contributed by atoms with Gasteiger partial charge in [-0.1, -0.05) is 35.9 Å². The van der Waals surface area contributed by atoms with E-state index in [0.717, 1.165) is 10.4 Å². The van der Waals surface area contributed by atoms with Gasteiger partial charge in [0.1, 0.15) is 18.8 Å². The summed E-state index contributed by atoms with van der Waals surface area (Å²) in [6.07, 6.45) is 0.955. The third-order valence-electron chi connectivity index (χ3n) is 3.81. The Bertz CT molecular complexity index is 864. The SMILES string of the molecule is Cc1ncc([N+](=O)[O-])n1CCOC(c1cccs1)c1ccccc1Cl. The largest absolute Gasteiger partial charge is 0.364 e. The highest BCUT2D eigenvalue weighted by atomic mass is 35.5. The third-order valence-corrected chi connectivity index (χ3v) is 5.07. The zero-order chi connectivity index (χ0) is 17.8. The molecule has 0 spiro atoms. The Morgan fingerprint density at radius 2 is 2.16 bits per heavy atom. The average molecular weight is 378 g/mol. The Labute approximate surface area is 153 Å². The molecule has 3 aromatic rings. The molecule has 25 heavy (non-hydrogen) atoms. The Hall–Kier alpha value is -2.22. The molecule has 0 saturated heterocycles. The molecule has 0 aliphatic heterocycles. The van der Waals surface area contributed by atoms with E-state index in [1.807, 2.05) is 41.8 Å². The van der Waals surface area contributed by atoms with Crippen LogP contribution in [-0.4, -0.2) is 21.1 Å². The van der Waals surface area contributed by atoms with Crippen molar-refractivity contribution < 1.29 is 9.66 Å². The number of nitrogens with zero attached hydrogens (tertiary/aromatic N) is 3. The molecule has 1 atom stereocenters. The highest BCUT2D eigenvalue weighted by molar-refractivity contribution is 7.10. The maximum atomic E-state index is 11.1. The molecule has 0 amide bonds. The van der Waals surface area contributed by atoms with E-state index in [1.165, 1.54) is 10.8 Å². The van der Waals surface area contributed by atoms with Gasteiger partial charge in [-0.2, -0.15) is 0 Å². The van der Waals surface area contributed by atoms with Crippen molar-refractivity contribution in [3.8, 4) is 0 Å². The monoisotopic (exact) mass is 377 g/mol. The van der Waals surface area contributed by atoms with Gasteiger partial charge in [0.05, 0.1) is 6.61 Å². The summed E-state index contributed by atoms with van der Waals surface area (Å²) in [5, 5.41) is 13.7. The summed E-state index contributed by atoms with van der Waals surface area (Å²) in [4.78, 5) is 15.7. The predicted octanol–water partition coefficient (Wildman–Crippen LogP) is 4.62. The molecule has 8 heteroatoms. The van der Waals surface area contributed by atoms with E-state index >= 15 is 0 Å². The van der Waals surface area contributed by atoms with Gasteiger partial charge < -0.3 is 14.9 Å². The first-order valence-corrected chi connectivity index (χ1v) is 8.89. The van der Waals surface area contributed by atoms with Crippen molar-refractivity contribution >= 4 is 28.8 Å². The molecule has 3 rings (SSSR count). The van der Waals surface area contributed by atoms with Crippen LogP contribution < -0.4 is 0 Å². The van der Waals surface area contributed by atoms with E-state index < -0.39 is 4.92 Å². The Morgan fingerprint density at radius 3 is 2.84 bits per heavy atom. The van der Waals surface area contributed by atoms with Gasteiger partial charge in [-0.3, -0.25) is 0 Å². The van der Waals surface area contributed by atoms with Crippen molar-refractivity contribution in [1.82, 2.24) is 9.55 Å². The molecule has 0 fully saturated rings. The van der Waals surface area contributed by atoms with Crippen LogP contribution in [0, 0.1) is 17.0 Å². The number of ether oxygens (including phenoxy) is 1. The molecule has 0 radical (unpaired) electrons. The van der Waals surface area contributed by atoms with E-state index in [0.29, 0.717) is 24.0 Å². The first-order chi connectivity index (χ1) is 12.1. The van der Waals surface area contributed by atoms with E-state index in [-0.39, 0.29) is 11.9 Å². The highest BCUT2D eigenvalue weighted by Crippen LogP contribution is 2.33. The highest BCUT2D eigenvalue weighted by Gasteiger charge is 2.21. The van der Waals surface area contributed by atoms with Crippen LogP contribution in [-0.2, 0) is 11.3 Å². The lowest BCUT2D eigenvalue weighted by Crippen LogP contribution is -2.13. The van der Waals surface area contributed by atoms with Crippen molar-refractivity contribution in [2.75, 3.05) is 6.61 Å². The van der Waals surface area contributed by atoms with Gasteiger partial charge in [0.15, 0.2) is 5.82 Å². The quantitative estimate of drug-likeness (QED) is 0.445. The Balaban J connectivity index is 1.78. The normalized spacial score (nSPS) is 12.2. The second-order valence-corrected chi connectivity index (χ2v) is 6.75. The van der Waals surface area contributed by atoms with Gasteiger partial charge in [-0.05, 0) is 22.4 Å². The number of aromatic nitrogens is 2. The van der Waals surface area contributed by atoms with Gasteiger partial charge in [0.25, 0.3) is 0 Å². The first kappa shape index (κ1) is 17.6. The minimum Gasteiger partial charge on any atom is -0.364 e. The number of thiophene rings is 1. The molecule has 2 aromatic heterocycles. The van der Waals surface area contributed by atoms with Crippen LogP contribution in [0.25, 0.3) is 0 Å². The number of nitro groups is 1. The second-order valence-electron chi connectivity index (χ2n) is 5.36. The molecular formula is C17H16ClN3O3S. The minimum absolute atomic E-state index is 0.0356. The number of imidazole rings is 1. The number of hydrogen-bond donors (Lipinski definition) is 0. The minimum atomic E-state index is -0.440. The molecular weight excluding hydrogens is 362 g/mol. The van der Waals surface area contributed by atoms with Crippen LogP contribution in [0.4, 0.5) is 5.82 Å². The van der Waals surface area contributed by atoms with E-state index in [1.54, 1.807) is 18.3 Å². The van der Waals surface area contributed by atoms with Gasteiger partial charge in [-0.15, -0.1) is 11.3 Å². The maximum Gasteiger partial charge on any atom is 0.342 e. The third kappa shape index (κ3) is 3.89. The van der Waals surface area contributed by atoms with Crippen LogP contribution in [0.2, 0.25) is 5.02 Å². The van der Waals surface area contributed by atoms with E-state index in [4.69, 9.17) is 16.3 Å². The van der Waals surface area contributed by atoms with Gasteiger partial charge in [-0.25, -0.2) is 9.55 Å². The number of hydrogen-bond acceptors (Lipinski definition) is 5. The summed E-state index contributed by atoms with van der Waals surface area (Å²) < 4.78 is 7.61. The van der Waals surface area contributed by atoms with Crippen molar-refractivity contribution in [2.24, 2.45) is 0 Å². The van der Waals surface area contributed by atoms with Crippen molar-refractivity contribution in [1.29, 1.82) is 0 Å². The first-order valence-electron chi connectivity index (χ1n) is 7.64. The number of aryl methyl sites for hydroxylation is 1. The lowest BCUT2D eigenvalue weighted by molar-refractivity contribution is -0.392. The van der Waals surface area contributed by atoms with Gasteiger partial charge >= 0.3 is 5.82 Å². The van der Waals surface area contributed by atoms with Crippen LogP contribution in [0.15, 0.2) is 48.0 Å². The summed E-state index contributed by atoms with van der Waals surface area (Å²) in [6, 6.07) is 11.5. The number of halogens is 1. The summed E-state index contributed by atoms with van der Waals surface area (Å²) in [5.74, 6) is 0.548. The van der Waals surface area contributed by atoms with E-state index in [9.17, 15) is 10.1 Å². The Morgan fingerprint density at radius 1 is 1.36 bits per heavy atom. The summed E-state index contributed by atoms with van der Waals surface area (Å²) in [6.45, 7) is 2.37. The summed E-state index contributed by atoms with van der Waals surface area (Å²) in [7, 11) is 0. The lowest BCUT2D eigenvalue weighted by Gasteiger charge is -2.18. The topological polar surface area (TPSA) is 70.2 Å². The van der Waals surface area contributed by atoms with Gasteiger partial charge in [0, 0.05) is 22.4 Å². The smallest absolute Gasteiger partial charge is 0.342 e. The Kier molecular flexibility index (Phi) is 5.47. The van der Waals surface area contributed by atoms with Crippen molar-refractivity contribution in [3.63, 3.8) is 0 Å². The molecule has 0 aliphatic rings. The summed E-state index contributed by atoms with van der Waals surface area (Å²) in [5.41, 5.74) is 0.878. The summed E-state index contributed by atoms with van der Waals surface area (Å²) >= 11 is 7.91. The standard InChI is InChI=1S/C17H16ClN3O3S/c1-12-19-11-16(21(22)23)20(12)8-9-24-17(15-7-4-10-25-15)13-5-2-3-6-14(13)18/h2-7,10-11,17H,8-9H2,1H3. The second kappa shape index (κ2) is 7.77. The zero-order valence-corrected chi connectivity index (χ0v) is 15.0. The molecule has 2 heterocycles. The fourth-order valence-corrected chi connectivity index (χ4v) is 3.62. The molecule has 130 valence electrons. The molecule has 0 saturated carbocycles. The zero-order valence-electron chi connectivity index (χ0n) is 13.5. The number of rotatable bonds is 7. The van der Waals surface area contributed by atoms with E-state index in [2.05, 4.69) is 4.98 Å². The average Bonchev–Trinajstić information content (AvgIpc) is 3.23. The fourth-order valence-electron chi connectivity index (χ4n) is 2.59. The fraction of sp³-hybridized carbons (Fsp3) is 0.235. The lowest BCUT2D eigenvalue weighted by atomic mass is 10.1. The molecule has 0 N–H and O–H groups in total. The van der Waals surface area contributed by atoms with Crippen LogP contribution in [0.3, 0.4) is 0 Å².